The van der Waals surface area contributed by atoms with Gasteiger partial charge in [-0.3, -0.25) is 9.59 Å². The maximum absolute atomic E-state index is 12.5. The van der Waals surface area contributed by atoms with Gasteiger partial charge >= 0.3 is 17.9 Å². The normalized spacial score (nSPS) is 17.8. The van der Waals surface area contributed by atoms with Crippen LogP contribution in [-0.4, -0.2) is 24.5 Å². The van der Waals surface area contributed by atoms with Crippen LogP contribution in [0.25, 0.3) is 0 Å². The highest BCUT2D eigenvalue weighted by atomic mass is 16.5. The maximum Gasteiger partial charge on any atom is 0.333 e. The van der Waals surface area contributed by atoms with E-state index >= 15 is 0 Å². The molecule has 6 nitrogen and oxygen atoms in total. The van der Waals surface area contributed by atoms with Gasteiger partial charge in [-0.15, -0.1) is 0 Å². The summed E-state index contributed by atoms with van der Waals surface area (Å²) in [6.07, 6.45) is 2.97. The Labute approximate surface area is 188 Å². The summed E-state index contributed by atoms with van der Waals surface area (Å²) in [4.78, 5) is 36.3. The molecule has 0 heterocycles. The molecule has 1 aliphatic carbocycles. The van der Waals surface area contributed by atoms with Crippen molar-refractivity contribution in [2.75, 3.05) is 6.61 Å². The van der Waals surface area contributed by atoms with Crippen LogP contribution in [0.3, 0.4) is 0 Å². The second-order valence-electron chi connectivity index (χ2n) is 8.01. The molecule has 0 amide bonds. The molecule has 0 aromatic heterocycles. The van der Waals surface area contributed by atoms with Gasteiger partial charge in [0.05, 0.1) is 18.4 Å². The molecule has 0 saturated heterocycles. The molecule has 0 radical (unpaired) electrons. The van der Waals surface area contributed by atoms with Gasteiger partial charge in [0.1, 0.15) is 11.5 Å². The first kappa shape index (κ1) is 23.3. The van der Waals surface area contributed by atoms with Gasteiger partial charge in [-0.1, -0.05) is 36.9 Å². The van der Waals surface area contributed by atoms with E-state index in [1.165, 1.54) is 0 Å². The number of carbonyl (C=O) groups is 3. The second-order valence-corrected chi connectivity index (χ2v) is 8.01. The first-order valence-corrected chi connectivity index (χ1v) is 10.8. The second kappa shape index (κ2) is 11.3. The van der Waals surface area contributed by atoms with E-state index in [4.69, 9.17) is 14.2 Å². The van der Waals surface area contributed by atoms with Gasteiger partial charge < -0.3 is 14.2 Å². The maximum atomic E-state index is 12.5. The van der Waals surface area contributed by atoms with Crippen molar-refractivity contribution in [2.45, 2.75) is 39.0 Å². The fraction of sp³-hybridized carbons (Fsp3) is 0.346. The quantitative estimate of drug-likeness (QED) is 0.340. The molecule has 0 atom stereocenters. The SMILES string of the molecule is C=C(C)C(=O)OCCc1ccc(OC(=O)C2CCC(C(=O)Oc3ccccc3)CC2)cc1. The van der Waals surface area contributed by atoms with E-state index in [-0.39, 0.29) is 30.4 Å². The zero-order chi connectivity index (χ0) is 22.9. The van der Waals surface area contributed by atoms with Gasteiger partial charge in [0.25, 0.3) is 0 Å². The first-order chi connectivity index (χ1) is 15.4. The fourth-order valence-electron chi connectivity index (χ4n) is 3.56. The highest BCUT2D eigenvalue weighted by Crippen LogP contribution is 2.31. The Hall–Kier alpha value is -3.41. The molecule has 0 aliphatic heterocycles. The molecule has 2 aromatic rings. The van der Waals surface area contributed by atoms with Gasteiger partial charge in [0.2, 0.25) is 0 Å². The molecule has 6 heteroatoms. The molecule has 0 bridgehead atoms. The summed E-state index contributed by atoms with van der Waals surface area (Å²) in [6.45, 7) is 5.41. The predicted octanol–water partition coefficient (Wildman–Crippen LogP) is 4.67. The van der Waals surface area contributed by atoms with E-state index in [9.17, 15) is 14.4 Å². The Kier molecular flexibility index (Phi) is 8.20. The van der Waals surface area contributed by atoms with Gasteiger partial charge in [0.15, 0.2) is 0 Å². The zero-order valence-electron chi connectivity index (χ0n) is 18.3. The van der Waals surface area contributed by atoms with Crippen molar-refractivity contribution in [3.05, 3.63) is 72.3 Å². The zero-order valence-corrected chi connectivity index (χ0v) is 18.3. The Morgan fingerprint density at radius 2 is 1.31 bits per heavy atom. The van der Waals surface area contributed by atoms with Gasteiger partial charge in [-0.05, 0) is 62.4 Å². The van der Waals surface area contributed by atoms with Crippen molar-refractivity contribution in [1.82, 2.24) is 0 Å². The number of carbonyl (C=O) groups excluding carboxylic acids is 3. The number of benzene rings is 2. The summed E-state index contributed by atoms with van der Waals surface area (Å²) >= 11 is 0. The molecular weight excluding hydrogens is 408 g/mol. The van der Waals surface area contributed by atoms with Crippen LogP contribution in [0.4, 0.5) is 0 Å². The van der Waals surface area contributed by atoms with E-state index < -0.39 is 5.97 Å². The van der Waals surface area contributed by atoms with Crippen molar-refractivity contribution >= 4 is 17.9 Å². The fourth-order valence-corrected chi connectivity index (χ4v) is 3.56. The predicted molar refractivity (Wildman–Crippen MR) is 119 cm³/mol. The first-order valence-electron chi connectivity index (χ1n) is 10.8. The molecule has 1 saturated carbocycles. The number of para-hydroxylation sites is 1. The average molecular weight is 437 g/mol. The summed E-state index contributed by atoms with van der Waals surface area (Å²) in [5.74, 6) is -0.330. The molecule has 1 fully saturated rings. The lowest BCUT2D eigenvalue weighted by molar-refractivity contribution is -0.145. The van der Waals surface area contributed by atoms with E-state index in [1.807, 2.05) is 30.3 Å². The lowest BCUT2D eigenvalue weighted by Gasteiger charge is -2.25. The lowest BCUT2D eigenvalue weighted by Crippen LogP contribution is -2.30. The molecule has 0 N–H and O–H groups in total. The monoisotopic (exact) mass is 436 g/mol. The standard InChI is InChI=1S/C26H28O6/c1-18(2)24(27)30-17-16-19-8-14-23(15-9-19)32-26(29)21-12-10-20(11-13-21)25(28)31-22-6-4-3-5-7-22/h3-9,14-15,20-21H,1,10-13,16-17H2,2H3. The minimum absolute atomic E-state index is 0.197. The number of rotatable bonds is 8. The topological polar surface area (TPSA) is 78.9 Å². The van der Waals surface area contributed by atoms with Crippen LogP contribution in [0.1, 0.15) is 38.2 Å². The summed E-state index contributed by atoms with van der Waals surface area (Å²) in [6, 6.07) is 16.2. The number of hydrogen-bond acceptors (Lipinski definition) is 6. The molecule has 3 rings (SSSR count). The van der Waals surface area contributed by atoms with Crippen molar-refractivity contribution in [3.8, 4) is 11.5 Å². The molecule has 32 heavy (non-hydrogen) atoms. The lowest BCUT2D eigenvalue weighted by atomic mass is 9.82. The molecular formula is C26H28O6. The summed E-state index contributed by atoms with van der Waals surface area (Å²) < 4.78 is 16.0. The number of ether oxygens (including phenoxy) is 3. The van der Waals surface area contributed by atoms with Crippen molar-refractivity contribution in [1.29, 1.82) is 0 Å². The van der Waals surface area contributed by atoms with Gasteiger partial charge in [0, 0.05) is 12.0 Å². The number of hydrogen-bond donors (Lipinski definition) is 0. The van der Waals surface area contributed by atoms with Crippen molar-refractivity contribution < 1.29 is 28.6 Å². The van der Waals surface area contributed by atoms with Crippen LogP contribution in [0.2, 0.25) is 0 Å². The smallest absolute Gasteiger partial charge is 0.333 e. The van der Waals surface area contributed by atoms with Crippen LogP contribution in [0.15, 0.2) is 66.7 Å². The highest BCUT2D eigenvalue weighted by molar-refractivity contribution is 5.86. The van der Waals surface area contributed by atoms with Crippen molar-refractivity contribution in [2.24, 2.45) is 11.8 Å². The van der Waals surface area contributed by atoms with Gasteiger partial charge in [-0.25, -0.2) is 4.79 Å². The van der Waals surface area contributed by atoms with Crippen LogP contribution < -0.4 is 9.47 Å². The van der Waals surface area contributed by atoms with Crippen LogP contribution in [0, 0.1) is 11.8 Å². The van der Waals surface area contributed by atoms with Crippen LogP contribution >= 0.6 is 0 Å². The highest BCUT2D eigenvalue weighted by Gasteiger charge is 2.32. The summed E-state index contributed by atoms with van der Waals surface area (Å²) in [5, 5.41) is 0. The van der Waals surface area contributed by atoms with E-state index in [1.54, 1.807) is 31.2 Å². The Morgan fingerprint density at radius 1 is 0.812 bits per heavy atom. The summed E-state index contributed by atoms with van der Waals surface area (Å²) in [5.41, 5.74) is 1.34. The Balaban J connectivity index is 1.41. The number of esters is 3. The Bertz CT molecular complexity index is 940. The minimum Gasteiger partial charge on any atom is -0.462 e. The van der Waals surface area contributed by atoms with E-state index in [2.05, 4.69) is 6.58 Å². The van der Waals surface area contributed by atoms with E-state index in [0.717, 1.165) is 5.56 Å². The van der Waals surface area contributed by atoms with Gasteiger partial charge in [-0.2, -0.15) is 0 Å². The van der Waals surface area contributed by atoms with E-state index in [0.29, 0.717) is 49.2 Å². The molecule has 2 aromatic carbocycles. The van der Waals surface area contributed by atoms with Crippen molar-refractivity contribution in [3.63, 3.8) is 0 Å². The van der Waals surface area contributed by atoms with Crippen LogP contribution in [0.5, 0.6) is 11.5 Å². The third-order valence-electron chi connectivity index (χ3n) is 5.47. The third kappa shape index (κ3) is 6.80. The molecule has 0 unspecified atom stereocenters. The minimum atomic E-state index is -0.404. The molecule has 1 aliphatic rings. The van der Waals surface area contributed by atoms with Crippen LogP contribution in [-0.2, 0) is 25.5 Å². The average Bonchev–Trinajstić information content (AvgIpc) is 2.80. The molecule has 0 spiro atoms. The summed E-state index contributed by atoms with van der Waals surface area (Å²) in [7, 11) is 0. The largest absolute Gasteiger partial charge is 0.462 e. The third-order valence-corrected chi connectivity index (χ3v) is 5.47. The molecule has 168 valence electrons. The Morgan fingerprint density at radius 3 is 1.81 bits per heavy atom.